The van der Waals surface area contributed by atoms with Gasteiger partial charge in [0, 0.05) is 18.7 Å². The summed E-state index contributed by atoms with van der Waals surface area (Å²) >= 11 is 0. The van der Waals surface area contributed by atoms with Crippen molar-refractivity contribution in [2.45, 2.75) is 31.7 Å². The Morgan fingerprint density at radius 3 is 2.74 bits per heavy atom. The van der Waals surface area contributed by atoms with Crippen molar-refractivity contribution in [3.05, 3.63) is 35.6 Å². The third-order valence-corrected chi connectivity index (χ3v) is 3.96. The minimum Gasteiger partial charge on any atom is -0.389 e. The van der Waals surface area contributed by atoms with Gasteiger partial charge in [0.25, 0.3) is 0 Å². The van der Waals surface area contributed by atoms with E-state index in [9.17, 15) is 22.7 Å². The van der Waals surface area contributed by atoms with Crippen molar-refractivity contribution in [3.8, 4) is 0 Å². The van der Waals surface area contributed by atoms with Gasteiger partial charge in [-0.05, 0) is 25.5 Å². The van der Waals surface area contributed by atoms with Crippen LogP contribution in [0.2, 0.25) is 0 Å². The largest absolute Gasteiger partial charge is 0.393 e. The number of hydrogen-bond acceptors (Lipinski definition) is 3. The summed E-state index contributed by atoms with van der Waals surface area (Å²) in [5, 5.41) is 9.90. The molecule has 1 fully saturated rings. The lowest BCUT2D eigenvalue weighted by atomic mass is 9.97. The lowest BCUT2D eigenvalue weighted by molar-refractivity contribution is -0.187. The number of piperidine rings is 1. The van der Waals surface area contributed by atoms with Crippen LogP contribution in [0, 0.1) is 11.7 Å². The Morgan fingerprint density at radius 1 is 1.30 bits per heavy atom. The van der Waals surface area contributed by atoms with Crippen molar-refractivity contribution < 1.29 is 27.4 Å². The molecule has 1 aromatic rings. The second kappa shape index (κ2) is 8.08. The molecule has 0 amide bonds. The van der Waals surface area contributed by atoms with E-state index in [2.05, 4.69) is 0 Å². The molecule has 0 aliphatic carbocycles. The molecule has 1 heterocycles. The summed E-state index contributed by atoms with van der Waals surface area (Å²) in [6, 6.07) is 6.16. The van der Waals surface area contributed by atoms with Crippen LogP contribution in [0.5, 0.6) is 0 Å². The number of ether oxygens (including phenoxy) is 1. The van der Waals surface area contributed by atoms with E-state index in [1.807, 2.05) is 0 Å². The second-order valence-corrected chi connectivity index (χ2v) is 5.90. The van der Waals surface area contributed by atoms with Gasteiger partial charge in [0.05, 0.1) is 25.2 Å². The van der Waals surface area contributed by atoms with Crippen LogP contribution >= 0.6 is 0 Å². The first-order valence-electron chi connectivity index (χ1n) is 7.64. The lowest BCUT2D eigenvalue weighted by Crippen LogP contribution is -2.45. The second-order valence-electron chi connectivity index (χ2n) is 5.90. The number of likely N-dealkylation sites (tertiary alicyclic amines) is 1. The predicted octanol–water partition coefficient (Wildman–Crippen LogP) is 2.98. The van der Waals surface area contributed by atoms with Gasteiger partial charge in [-0.3, -0.25) is 0 Å². The highest BCUT2D eigenvalue weighted by Crippen LogP contribution is 2.33. The van der Waals surface area contributed by atoms with Crippen LogP contribution in [0.4, 0.5) is 17.6 Å². The molecule has 1 aliphatic heterocycles. The number of aliphatic hydroxyl groups is 1. The Kier molecular flexibility index (Phi) is 6.38. The third kappa shape index (κ3) is 5.75. The molecule has 23 heavy (non-hydrogen) atoms. The van der Waals surface area contributed by atoms with Crippen molar-refractivity contribution in [1.29, 1.82) is 0 Å². The quantitative estimate of drug-likeness (QED) is 0.812. The average molecular weight is 335 g/mol. The number of β-amino-alcohol motifs (C(OH)–C–C–N with tert-alkyl or cyclic N) is 1. The Bertz CT molecular complexity index is 495. The molecule has 0 spiro atoms. The number of benzene rings is 1. The van der Waals surface area contributed by atoms with Crippen molar-refractivity contribution in [1.82, 2.24) is 4.90 Å². The van der Waals surface area contributed by atoms with Gasteiger partial charge in [-0.2, -0.15) is 13.2 Å². The van der Waals surface area contributed by atoms with E-state index in [1.54, 1.807) is 23.1 Å². The number of hydrogen-bond donors (Lipinski definition) is 1. The summed E-state index contributed by atoms with van der Waals surface area (Å²) in [6.45, 7) is 0.561. The van der Waals surface area contributed by atoms with Gasteiger partial charge in [0.15, 0.2) is 0 Å². The molecule has 2 unspecified atom stereocenters. The molecule has 0 radical (unpaired) electrons. The first kappa shape index (κ1) is 18.2. The van der Waals surface area contributed by atoms with Crippen LogP contribution < -0.4 is 0 Å². The molecule has 0 aromatic heterocycles. The van der Waals surface area contributed by atoms with Crippen LogP contribution in [0.25, 0.3) is 0 Å². The number of rotatable bonds is 6. The molecule has 2 rings (SSSR count). The van der Waals surface area contributed by atoms with Crippen LogP contribution in [0.3, 0.4) is 0 Å². The highest BCUT2D eigenvalue weighted by atomic mass is 19.4. The summed E-state index contributed by atoms with van der Waals surface area (Å²) in [5.74, 6) is -1.71. The van der Waals surface area contributed by atoms with Crippen LogP contribution in [-0.2, 0) is 11.3 Å². The fourth-order valence-corrected chi connectivity index (χ4v) is 2.76. The van der Waals surface area contributed by atoms with E-state index in [0.717, 1.165) is 0 Å². The van der Waals surface area contributed by atoms with Gasteiger partial charge in [0.2, 0.25) is 0 Å². The zero-order valence-corrected chi connectivity index (χ0v) is 12.7. The van der Waals surface area contributed by atoms with Crippen LogP contribution in [0.15, 0.2) is 24.3 Å². The van der Waals surface area contributed by atoms with E-state index < -0.39 is 18.2 Å². The Hall–Kier alpha value is -1.18. The normalized spacial score (nSPS) is 21.3. The third-order valence-electron chi connectivity index (χ3n) is 3.96. The summed E-state index contributed by atoms with van der Waals surface area (Å²) in [6.07, 6.45) is -4.48. The standard InChI is InChI=1S/C16H21F4NO2/c17-15-6-2-1-4-12(15)10-23-11-14(22)9-21-7-3-5-13(8-21)16(18,19)20/h1-2,4,6,13-14,22H,3,5,7-11H2. The van der Waals surface area contributed by atoms with Crippen molar-refractivity contribution in [3.63, 3.8) is 0 Å². The molecule has 2 atom stereocenters. The van der Waals surface area contributed by atoms with Crippen LogP contribution in [0.1, 0.15) is 18.4 Å². The number of alkyl halides is 3. The van der Waals surface area contributed by atoms with Crippen LogP contribution in [-0.4, -0.2) is 48.5 Å². The fourth-order valence-electron chi connectivity index (χ4n) is 2.76. The molecular weight excluding hydrogens is 314 g/mol. The maximum atomic E-state index is 13.4. The molecule has 1 aliphatic rings. The highest BCUT2D eigenvalue weighted by Gasteiger charge is 2.41. The van der Waals surface area contributed by atoms with Gasteiger partial charge in [0.1, 0.15) is 5.82 Å². The Morgan fingerprint density at radius 2 is 2.04 bits per heavy atom. The van der Waals surface area contributed by atoms with Crippen molar-refractivity contribution in [2.75, 3.05) is 26.2 Å². The van der Waals surface area contributed by atoms with E-state index >= 15 is 0 Å². The van der Waals surface area contributed by atoms with Gasteiger partial charge < -0.3 is 14.7 Å². The van der Waals surface area contributed by atoms with Gasteiger partial charge >= 0.3 is 6.18 Å². The average Bonchev–Trinajstić information content (AvgIpc) is 2.48. The summed E-state index contributed by atoms with van der Waals surface area (Å²) in [7, 11) is 0. The molecule has 1 N–H and O–H groups in total. The molecular formula is C16H21F4NO2. The Balaban J connectivity index is 1.72. The maximum absolute atomic E-state index is 13.4. The van der Waals surface area contributed by atoms with E-state index in [-0.39, 0.29) is 38.5 Å². The smallest absolute Gasteiger partial charge is 0.389 e. The molecule has 7 heteroatoms. The molecule has 3 nitrogen and oxygen atoms in total. The Labute approximate surface area is 132 Å². The SMILES string of the molecule is OC(COCc1ccccc1F)CN1CCCC(C(F)(F)F)C1. The predicted molar refractivity (Wildman–Crippen MR) is 77.3 cm³/mol. The lowest BCUT2D eigenvalue weighted by Gasteiger charge is -2.34. The van der Waals surface area contributed by atoms with Gasteiger partial charge in [-0.25, -0.2) is 4.39 Å². The summed E-state index contributed by atoms with van der Waals surface area (Å²) in [5.41, 5.74) is 0.384. The minimum absolute atomic E-state index is 0.0227. The molecule has 1 saturated heterocycles. The number of aliphatic hydroxyl groups excluding tert-OH is 1. The van der Waals surface area contributed by atoms with E-state index in [1.165, 1.54) is 6.07 Å². The van der Waals surface area contributed by atoms with Crippen molar-refractivity contribution in [2.24, 2.45) is 5.92 Å². The number of halogens is 4. The highest BCUT2D eigenvalue weighted by molar-refractivity contribution is 5.16. The molecule has 1 aromatic carbocycles. The molecule has 0 bridgehead atoms. The zero-order chi connectivity index (χ0) is 16.9. The number of nitrogens with zero attached hydrogens (tertiary/aromatic N) is 1. The molecule has 130 valence electrons. The van der Waals surface area contributed by atoms with Gasteiger partial charge in [-0.15, -0.1) is 0 Å². The maximum Gasteiger partial charge on any atom is 0.393 e. The van der Waals surface area contributed by atoms with Crippen molar-refractivity contribution >= 4 is 0 Å². The molecule has 0 saturated carbocycles. The van der Waals surface area contributed by atoms with E-state index in [0.29, 0.717) is 18.5 Å². The summed E-state index contributed by atoms with van der Waals surface area (Å²) in [4.78, 5) is 1.61. The monoisotopic (exact) mass is 335 g/mol. The van der Waals surface area contributed by atoms with E-state index in [4.69, 9.17) is 4.74 Å². The first-order chi connectivity index (χ1) is 10.9. The minimum atomic E-state index is -4.19. The fraction of sp³-hybridized carbons (Fsp3) is 0.625. The zero-order valence-electron chi connectivity index (χ0n) is 12.7. The van der Waals surface area contributed by atoms with Gasteiger partial charge in [-0.1, -0.05) is 18.2 Å². The summed E-state index contributed by atoms with van der Waals surface area (Å²) < 4.78 is 56.8. The topological polar surface area (TPSA) is 32.7 Å². The first-order valence-corrected chi connectivity index (χ1v) is 7.64.